The number of non-ortho nitro benzene ring substituents is 1. The van der Waals surface area contributed by atoms with E-state index in [0.717, 1.165) is 11.3 Å². The second-order valence-electron chi connectivity index (χ2n) is 6.63. The van der Waals surface area contributed by atoms with E-state index >= 15 is 0 Å². The molecule has 7 nitrogen and oxygen atoms in total. The predicted molar refractivity (Wildman–Crippen MR) is 102 cm³/mol. The summed E-state index contributed by atoms with van der Waals surface area (Å²) in [5.74, 6) is 1.38. The minimum absolute atomic E-state index is 0.00832. The van der Waals surface area contributed by atoms with E-state index in [1.54, 1.807) is 24.5 Å². The van der Waals surface area contributed by atoms with Crippen LogP contribution in [0.3, 0.4) is 0 Å². The summed E-state index contributed by atoms with van der Waals surface area (Å²) in [6.45, 7) is 0. The minimum atomic E-state index is -0.592. The van der Waals surface area contributed by atoms with Gasteiger partial charge in [0.25, 0.3) is 5.69 Å². The molecule has 5 rings (SSSR count). The molecule has 1 aromatic heterocycles. The lowest BCUT2D eigenvalue weighted by Gasteiger charge is -2.38. The first kappa shape index (κ1) is 16.8. The number of halogens is 1. The van der Waals surface area contributed by atoms with E-state index in [2.05, 4.69) is 0 Å². The largest absolute Gasteiger partial charge is 0.464 e. The first-order valence-corrected chi connectivity index (χ1v) is 9.08. The highest BCUT2D eigenvalue weighted by Crippen LogP contribution is 2.48. The molecule has 0 N–H and O–H groups in total. The Labute approximate surface area is 164 Å². The first-order valence-electron chi connectivity index (χ1n) is 8.70. The van der Waals surface area contributed by atoms with Crippen molar-refractivity contribution in [2.45, 2.75) is 18.7 Å². The van der Waals surface area contributed by atoms with Crippen LogP contribution in [0.4, 0.5) is 5.69 Å². The smallest absolute Gasteiger partial charge is 0.269 e. The van der Waals surface area contributed by atoms with Crippen LogP contribution in [0.5, 0.6) is 5.75 Å². The van der Waals surface area contributed by atoms with Crippen LogP contribution in [0.15, 0.2) is 70.4 Å². The summed E-state index contributed by atoms with van der Waals surface area (Å²) in [4.78, 5) is 10.8. The molecule has 2 aromatic carbocycles. The Morgan fingerprint density at radius 2 is 2.07 bits per heavy atom. The molecule has 0 unspecified atom stereocenters. The summed E-state index contributed by atoms with van der Waals surface area (Å²) in [5.41, 5.74) is 2.39. The molecule has 0 radical (unpaired) electrons. The number of fused-ring (bicyclic) bond motifs is 3. The number of nitro groups is 1. The lowest BCUT2D eigenvalue weighted by Crippen LogP contribution is -2.33. The average Bonchev–Trinajstić information content (AvgIpc) is 3.37. The van der Waals surface area contributed by atoms with Gasteiger partial charge >= 0.3 is 0 Å². The maximum absolute atomic E-state index is 11.2. The highest BCUT2D eigenvalue weighted by molar-refractivity contribution is 6.30. The topological polar surface area (TPSA) is 81.1 Å². The van der Waals surface area contributed by atoms with Gasteiger partial charge in [-0.05, 0) is 30.3 Å². The predicted octanol–water partition coefficient (Wildman–Crippen LogP) is 5.08. The molecule has 0 aliphatic carbocycles. The molecule has 0 spiro atoms. The Morgan fingerprint density at radius 1 is 1.18 bits per heavy atom. The normalized spacial score (nSPS) is 20.2. The van der Waals surface area contributed by atoms with E-state index in [1.165, 1.54) is 12.1 Å². The molecule has 3 heterocycles. The highest BCUT2D eigenvalue weighted by atomic mass is 35.5. The summed E-state index contributed by atoms with van der Waals surface area (Å²) in [6, 6.07) is 15.5. The van der Waals surface area contributed by atoms with Crippen molar-refractivity contribution < 1.29 is 14.1 Å². The fourth-order valence-electron chi connectivity index (χ4n) is 3.66. The molecule has 3 aromatic rings. The van der Waals surface area contributed by atoms with E-state index in [9.17, 15) is 10.1 Å². The van der Waals surface area contributed by atoms with Gasteiger partial charge in [-0.15, -0.1) is 0 Å². The Bertz CT molecular complexity index is 1100. The zero-order valence-corrected chi connectivity index (χ0v) is 15.2. The fourth-order valence-corrected chi connectivity index (χ4v) is 3.84. The number of rotatable bonds is 3. The van der Waals surface area contributed by atoms with Crippen molar-refractivity contribution in [2.75, 3.05) is 0 Å². The van der Waals surface area contributed by atoms with Crippen LogP contribution in [0.25, 0.3) is 0 Å². The van der Waals surface area contributed by atoms with Crippen LogP contribution in [-0.2, 0) is 0 Å². The molecular formula is C20H14ClN3O4. The number of ether oxygens (including phenoxy) is 1. The van der Waals surface area contributed by atoms with Gasteiger partial charge in [0.1, 0.15) is 17.2 Å². The van der Waals surface area contributed by atoms with Crippen molar-refractivity contribution in [1.29, 1.82) is 0 Å². The van der Waals surface area contributed by atoms with Crippen molar-refractivity contribution in [1.82, 2.24) is 5.01 Å². The third kappa shape index (κ3) is 2.71. The molecule has 0 bridgehead atoms. The summed E-state index contributed by atoms with van der Waals surface area (Å²) >= 11 is 6.21. The zero-order chi connectivity index (χ0) is 19.3. The second-order valence-corrected chi connectivity index (χ2v) is 7.06. The van der Waals surface area contributed by atoms with Crippen LogP contribution in [0.2, 0.25) is 5.02 Å². The molecule has 2 aliphatic heterocycles. The number of hydrogen-bond donors (Lipinski definition) is 0. The lowest BCUT2D eigenvalue weighted by atomic mass is 9.97. The summed E-state index contributed by atoms with van der Waals surface area (Å²) in [6.07, 6.45) is 1.63. The van der Waals surface area contributed by atoms with Gasteiger partial charge in [0.05, 0.1) is 17.2 Å². The van der Waals surface area contributed by atoms with E-state index in [4.69, 9.17) is 25.9 Å². The van der Waals surface area contributed by atoms with Crippen molar-refractivity contribution >= 4 is 23.0 Å². The molecule has 2 atom stereocenters. The molecule has 8 heteroatoms. The van der Waals surface area contributed by atoms with Gasteiger partial charge < -0.3 is 9.15 Å². The Hall–Kier alpha value is -3.32. The molecule has 0 saturated carbocycles. The van der Waals surface area contributed by atoms with E-state index in [1.807, 2.05) is 29.3 Å². The number of nitrogens with zero attached hydrogens (tertiary/aromatic N) is 3. The molecule has 140 valence electrons. The van der Waals surface area contributed by atoms with Crippen LogP contribution < -0.4 is 4.74 Å². The van der Waals surface area contributed by atoms with Crippen molar-refractivity contribution in [2.24, 2.45) is 5.10 Å². The summed E-state index contributed by atoms with van der Waals surface area (Å²) in [5, 5.41) is 18.4. The third-order valence-corrected chi connectivity index (χ3v) is 5.16. The van der Waals surface area contributed by atoms with Gasteiger partial charge in [-0.1, -0.05) is 23.7 Å². The third-order valence-electron chi connectivity index (χ3n) is 4.92. The molecule has 0 fully saturated rings. The number of hydrazone groups is 1. The van der Waals surface area contributed by atoms with Crippen LogP contribution in [0.1, 0.15) is 35.6 Å². The minimum Gasteiger partial charge on any atom is -0.464 e. The Kier molecular flexibility index (Phi) is 3.84. The Morgan fingerprint density at radius 3 is 2.86 bits per heavy atom. The lowest BCUT2D eigenvalue weighted by molar-refractivity contribution is -0.385. The number of benzene rings is 2. The quantitative estimate of drug-likeness (QED) is 0.456. The van der Waals surface area contributed by atoms with Gasteiger partial charge in [0.2, 0.25) is 6.23 Å². The Balaban J connectivity index is 1.62. The molecular weight excluding hydrogens is 382 g/mol. The van der Waals surface area contributed by atoms with Gasteiger partial charge in [-0.25, -0.2) is 5.01 Å². The van der Waals surface area contributed by atoms with Crippen LogP contribution >= 0.6 is 11.6 Å². The van der Waals surface area contributed by atoms with Gasteiger partial charge in [0.15, 0.2) is 0 Å². The molecule has 0 amide bonds. The van der Waals surface area contributed by atoms with Gasteiger partial charge in [-0.3, -0.25) is 10.1 Å². The summed E-state index contributed by atoms with van der Waals surface area (Å²) < 4.78 is 11.7. The SMILES string of the molecule is O=[N+]([O-])c1cccc([C@H]2Oc3ccc(Cl)cc3[C@H]3CC(c4ccco4)=NN32)c1. The summed E-state index contributed by atoms with van der Waals surface area (Å²) in [7, 11) is 0. The molecule has 28 heavy (non-hydrogen) atoms. The number of furan rings is 1. The van der Waals surface area contributed by atoms with Gasteiger partial charge in [-0.2, -0.15) is 5.10 Å². The van der Waals surface area contributed by atoms with Crippen LogP contribution in [0, 0.1) is 10.1 Å². The fraction of sp³-hybridized carbons (Fsp3) is 0.150. The van der Waals surface area contributed by atoms with Crippen molar-refractivity contribution in [3.63, 3.8) is 0 Å². The van der Waals surface area contributed by atoms with Crippen molar-refractivity contribution in [3.8, 4) is 5.75 Å². The average molecular weight is 396 g/mol. The van der Waals surface area contributed by atoms with Crippen LogP contribution in [-0.4, -0.2) is 15.6 Å². The molecule has 2 aliphatic rings. The number of hydrogen-bond acceptors (Lipinski definition) is 6. The maximum Gasteiger partial charge on any atom is 0.269 e. The first-order chi connectivity index (χ1) is 13.6. The highest BCUT2D eigenvalue weighted by Gasteiger charge is 2.41. The zero-order valence-electron chi connectivity index (χ0n) is 14.5. The standard InChI is InChI=1S/C20H14ClN3O4/c21-13-6-7-18-15(10-13)17-11-16(19-5-2-8-27-19)22-23(17)20(28-18)12-3-1-4-14(9-12)24(25)26/h1-10,17,20H,11H2/t17-,20-/m1/s1. The number of nitro benzene ring substituents is 1. The second kappa shape index (κ2) is 6.38. The van der Waals surface area contributed by atoms with Gasteiger partial charge in [0, 0.05) is 34.7 Å². The molecule has 0 saturated heterocycles. The van der Waals surface area contributed by atoms with Crippen molar-refractivity contribution in [3.05, 3.63) is 92.9 Å². The van der Waals surface area contributed by atoms with E-state index < -0.39 is 11.2 Å². The van der Waals surface area contributed by atoms with E-state index in [0.29, 0.717) is 28.5 Å². The monoisotopic (exact) mass is 395 g/mol. The van der Waals surface area contributed by atoms with E-state index in [-0.39, 0.29) is 11.7 Å². The maximum atomic E-state index is 11.2.